The number of hydrazone groups is 1. The third-order valence-electron chi connectivity index (χ3n) is 2.35. The van der Waals surface area contributed by atoms with Crippen molar-refractivity contribution in [1.82, 2.24) is 5.43 Å². The molecule has 0 aliphatic rings. The quantitative estimate of drug-likeness (QED) is 0.505. The van der Waals surface area contributed by atoms with Crippen LogP contribution in [0.5, 0.6) is 0 Å². The molecular weight excluding hydrogens is 246 g/mol. The van der Waals surface area contributed by atoms with Gasteiger partial charge in [-0.3, -0.25) is 4.79 Å². The molecule has 1 amide bonds. The first-order valence-corrected chi connectivity index (χ1v) is 6.29. The molecule has 2 aromatic rings. The number of carbonyl (C=O) groups excluding carboxylic acids is 1. The lowest BCUT2D eigenvalue weighted by molar-refractivity contribution is 0.0955. The molecule has 0 spiro atoms. The van der Waals surface area contributed by atoms with Crippen molar-refractivity contribution >= 4 is 28.6 Å². The number of hydrogen-bond acceptors (Lipinski definition) is 4. The lowest BCUT2D eigenvalue weighted by Gasteiger charge is -2.02. The predicted molar refractivity (Wildman–Crippen MR) is 74.9 cm³/mol. The van der Waals surface area contributed by atoms with Gasteiger partial charge in [-0.2, -0.15) is 5.10 Å². The van der Waals surface area contributed by atoms with E-state index in [9.17, 15) is 4.79 Å². The fraction of sp³-hybridized carbons (Fsp3) is 0.0769. The predicted octanol–water partition coefficient (Wildman–Crippen LogP) is 2.48. The highest BCUT2D eigenvalue weighted by Gasteiger charge is 2.05. The van der Waals surface area contributed by atoms with E-state index in [2.05, 4.69) is 10.5 Å². The average Bonchev–Trinajstić information content (AvgIpc) is 2.89. The van der Waals surface area contributed by atoms with Gasteiger partial charge in [0.05, 0.1) is 5.71 Å². The summed E-state index contributed by atoms with van der Waals surface area (Å²) in [4.78, 5) is 12.8. The van der Waals surface area contributed by atoms with Crippen LogP contribution >= 0.6 is 11.3 Å². The monoisotopic (exact) mass is 259 g/mol. The van der Waals surface area contributed by atoms with E-state index >= 15 is 0 Å². The number of nitrogens with two attached hydrogens (primary N) is 1. The second kappa shape index (κ2) is 5.46. The van der Waals surface area contributed by atoms with E-state index in [-0.39, 0.29) is 5.91 Å². The Balaban J connectivity index is 2.07. The molecule has 0 radical (unpaired) electrons. The van der Waals surface area contributed by atoms with E-state index in [4.69, 9.17) is 5.73 Å². The van der Waals surface area contributed by atoms with Crippen molar-refractivity contribution in [2.45, 2.75) is 6.92 Å². The second-order valence-electron chi connectivity index (χ2n) is 3.74. The number of carbonyl (C=O) groups is 1. The minimum atomic E-state index is -0.266. The molecule has 1 aromatic heterocycles. The van der Waals surface area contributed by atoms with E-state index in [0.717, 1.165) is 10.6 Å². The number of nitrogen functional groups attached to an aromatic ring is 1. The van der Waals surface area contributed by atoms with Gasteiger partial charge in [0.2, 0.25) is 0 Å². The first kappa shape index (κ1) is 12.3. The number of benzene rings is 1. The van der Waals surface area contributed by atoms with Crippen LogP contribution in [0, 0.1) is 0 Å². The van der Waals surface area contributed by atoms with E-state index in [1.54, 1.807) is 35.6 Å². The Morgan fingerprint density at radius 1 is 1.33 bits per heavy atom. The number of anilines is 1. The van der Waals surface area contributed by atoms with E-state index in [1.807, 2.05) is 24.4 Å². The molecule has 0 fully saturated rings. The van der Waals surface area contributed by atoms with Gasteiger partial charge in [-0.15, -0.1) is 11.3 Å². The average molecular weight is 259 g/mol. The molecule has 0 aliphatic heterocycles. The molecule has 0 saturated heterocycles. The van der Waals surface area contributed by atoms with Crippen molar-refractivity contribution in [2.24, 2.45) is 5.10 Å². The zero-order valence-corrected chi connectivity index (χ0v) is 10.7. The lowest BCUT2D eigenvalue weighted by Crippen LogP contribution is -2.19. The van der Waals surface area contributed by atoms with Gasteiger partial charge in [-0.1, -0.05) is 12.1 Å². The zero-order valence-electron chi connectivity index (χ0n) is 9.88. The number of nitrogens with one attached hydrogen (secondary N) is 1. The maximum Gasteiger partial charge on any atom is 0.271 e. The van der Waals surface area contributed by atoms with Gasteiger partial charge < -0.3 is 5.73 Å². The van der Waals surface area contributed by atoms with Gasteiger partial charge in [0.25, 0.3) is 5.91 Å². The Labute approximate surface area is 109 Å². The van der Waals surface area contributed by atoms with Crippen LogP contribution in [0.1, 0.15) is 22.2 Å². The first-order valence-electron chi connectivity index (χ1n) is 5.41. The minimum Gasteiger partial charge on any atom is -0.399 e. The summed E-state index contributed by atoms with van der Waals surface area (Å²) < 4.78 is 0. The zero-order chi connectivity index (χ0) is 13.0. The molecule has 0 atom stereocenters. The molecular formula is C13H13N3OS. The molecule has 92 valence electrons. The Morgan fingerprint density at radius 2 is 2.17 bits per heavy atom. The number of amides is 1. The van der Waals surface area contributed by atoms with Gasteiger partial charge in [0, 0.05) is 16.1 Å². The third kappa shape index (κ3) is 2.95. The Bertz CT molecular complexity index is 576. The van der Waals surface area contributed by atoms with Gasteiger partial charge in [0.15, 0.2) is 0 Å². The summed E-state index contributed by atoms with van der Waals surface area (Å²) in [5.74, 6) is -0.266. The fourth-order valence-electron chi connectivity index (χ4n) is 1.42. The van der Waals surface area contributed by atoms with E-state index < -0.39 is 0 Å². The molecule has 2 rings (SSSR count). The molecule has 0 aliphatic carbocycles. The lowest BCUT2D eigenvalue weighted by atomic mass is 10.2. The maximum absolute atomic E-state index is 11.8. The van der Waals surface area contributed by atoms with Gasteiger partial charge in [-0.25, -0.2) is 5.43 Å². The Morgan fingerprint density at radius 3 is 2.83 bits per heavy atom. The summed E-state index contributed by atoms with van der Waals surface area (Å²) >= 11 is 1.58. The smallest absolute Gasteiger partial charge is 0.271 e. The number of hydrogen-bond donors (Lipinski definition) is 2. The normalized spacial score (nSPS) is 11.3. The molecule has 0 saturated carbocycles. The minimum absolute atomic E-state index is 0.266. The largest absolute Gasteiger partial charge is 0.399 e. The van der Waals surface area contributed by atoms with Crippen LogP contribution in [0.4, 0.5) is 5.69 Å². The van der Waals surface area contributed by atoms with Crippen molar-refractivity contribution in [3.05, 3.63) is 52.2 Å². The van der Waals surface area contributed by atoms with E-state index in [0.29, 0.717) is 11.3 Å². The Kier molecular flexibility index (Phi) is 3.74. The molecule has 0 bridgehead atoms. The van der Waals surface area contributed by atoms with Crippen molar-refractivity contribution in [3.8, 4) is 0 Å². The highest BCUT2D eigenvalue weighted by molar-refractivity contribution is 7.12. The van der Waals surface area contributed by atoms with E-state index in [1.165, 1.54) is 0 Å². The Hall–Kier alpha value is -2.14. The SMILES string of the molecule is C/C(=N\NC(=O)c1cccc(N)c1)c1cccs1. The van der Waals surface area contributed by atoms with Crippen LogP contribution in [0.3, 0.4) is 0 Å². The van der Waals surface area contributed by atoms with Crippen LogP contribution in [0.25, 0.3) is 0 Å². The van der Waals surface area contributed by atoms with Crippen LogP contribution in [-0.4, -0.2) is 11.6 Å². The number of thiophene rings is 1. The summed E-state index contributed by atoms with van der Waals surface area (Å²) in [6.45, 7) is 1.85. The second-order valence-corrected chi connectivity index (χ2v) is 4.69. The van der Waals surface area contributed by atoms with Gasteiger partial charge in [0.1, 0.15) is 0 Å². The highest BCUT2D eigenvalue weighted by Crippen LogP contribution is 2.10. The molecule has 3 N–H and O–H groups in total. The van der Waals surface area contributed by atoms with Crippen molar-refractivity contribution in [1.29, 1.82) is 0 Å². The molecule has 5 heteroatoms. The van der Waals surface area contributed by atoms with Crippen LogP contribution < -0.4 is 11.2 Å². The summed E-state index contributed by atoms with van der Waals surface area (Å²) in [5.41, 5.74) is 9.96. The topological polar surface area (TPSA) is 67.5 Å². The molecule has 4 nitrogen and oxygen atoms in total. The first-order chi connectivity index (χ1) is 8.66. The molecule has 1 aromatic carbocycles. The fourth-order valence-corrected chi connectivity index (χ4v) is 2.10. The number of nitrogens with zero attached hydrogens (tertiary/aromatic N) is 1. The summed E-state index contributed by atoms with van der Waals surface area (Å²) in [5, 5.41) is 6.03. The van der Waals surface area contributed by atoms with Crippen molar-refractivity contribution < 1.29 is 4.79 Å². The maximum atomic E-state index is 11.8. The van der Waals surface area contributed by atoms with Gasteiger partial charge >= 0.3 is 0 Å². The van der Waals surface area contributed by atoms with Crippen molar-refractivity contribution in [2.75, 3.05) is 5.73 Å². The van der Waals surface area contributed by atoms with Crippen LogP contribution in [0.15, 0.2) is 46.9 Å². The van der Waals surface area contributed by atoms with Crippen molar-refractivity contribution in [3.63, 3.8) is 0 Å². The number of rotatable bonds is 3. The molecule has 18 heavy (non-hydrogen) atoms. The summed E-state index contributed by atoms with van der Waals surface area (Å²) in [7, 11) is 0. The van der Waals surface area contributed by atoms with Crippen LogP contribution in [-0.2, 0) is 0 Å². The standard InChI is InChI=1S/C13H13N3OS/c1-9(12-6-3-7-18-12)15-16-13(17)10-4-2-5-11(14)8-10/h2-8H,14H2,1H3,(H,16,17)/b15-9+. The summed E-state index contributed by atoms with van der Waals surface area (Å²) in [6, 6.07) is 10.7. The highest BCUT2D eigenvalue weighted by atomic mass is 32.1. The van der Waals surface area contributed by atoms with Crippen LogP contribution in [0.2, 0.25) is 0 Å². The third-order valence-corrected chi connectivity index (χ3v) is 3.33. The molecule has 0 unspecified atom stereocenters. The molecule has 1 heterocycles. The van der Waals surface area contributed by atoms with Gasteiger partial charge in [-0.05, 0) is 36.6 Å². The summed E-state index contributed by atoms with van der Waals surface area (Å²) in [6.07, 6.45) is 0.